The van der Waals surface area contributed by atoms with Gasteiger partial charge in [-0.3, -0.25) is 10.1 Å². The third-order valence-corrected chi connectivity index (χ3v) is 6.77. The summed E-state index contributed by atoms with van der Waals surface area (Å²) in [4.78, 5) is 10.6. The number of halogens is 2. The number of H-pyrrole nitrogens is 1. The van der Waals surface area contributed by atoms with Gasteiger partial charge >= 0.3 is 0 Å². The number of pyridine rings is 2. The molecule has 10 heteroatoms. The number of ether oxygens (including phenoxy) is 1. The van der Waals surface area contributed by atoms with Crippen LogP contribution < -0.4 is 9.64 Å². The van der Waals surface area contributed by atoms with Crippen molar-refractivity contribution in [2.45, 2.75) is 32.0 Å². The van der Waals surface area contributed by atoms with Crippen LogP contribution >= 0.6 is 23.2 Å². The molecule has 1 aliphatic heterocycles. The number of aromatic nitrogens is 4. The van der Waals surface area contributed by atoms with E-state index in [1.165, 1.54) is 12.4 Å². The monoisotopic (exact) mass is 508 g/mol. The van der Waals surface area contributed by atoms with Crippen molar-refractivity contribution in [2.75, 3.05) is 18.0 Å². The molecule has 3 aromatic heterocycles. The molecule has 1 unspecified atom stereocenters. The Morgan fingerprint density at radius 3 is 2.63 bits per heavy atom. The molecule has 35 heavy (non-hydrogen) atoms. The molecule has 0 spiro atoms. The molecule has 0 radical (unpaired) electrons. The first kappa shape index (κ1) is 23.4. The molecule has 5 rings (SSSR count). The van der Waals surface area contributed by atoms with Crippen molar-refractivity contribution in [1.29, 1.82) is 5.26 Å². The summed E-state index contributed by atoms with van der Waals surface area (Å²) in [6.45, 7) is 3.20. The maximum atomic E-state index is 9.79. The first-order valence-corrected chi connectivity index (χ1v) is 12.0. The number of benzene rings is 1. The summed E-state index contributed by atoms with van der Waals surface area (Å²) < 4.78 is 6.15. The summed E-state index contributed by atoms with van der Waals surface area (Å²) in [7, 11) is 0. The molecule has 0 aliphatic carbocycles. The zero-order valence-electron chi connectivity index (χ0n) is 18.9. The van der Waals surface area contributed by atoms with Crippen LogP contribution in [-0.2, 0) is 0 Å². The molecule has 1 saturated heterocycles. The van der Waals surface area contributed by atoms with Crippen LogP contribution in [0.3, 0.4) is 0 Å². The third-order valence-electron chi connectivity index (χ3n) is 6.17. The molecule has 0 saturated carbocycles. The van der Waals surface area contributed by atoms with Crippen molar-refractivity contribution in [1.82, 2.24) is 20.2 Å². The summed E-state index contributed by atoms with van der Waals surface area (Å²) in [6, 6.07) is 9.68. The van der Waals surface area contributed by atoms with Gasteiger partial charge in [-0.1, -0.05) is 23.2 Å². The number of hydrogen-bond donors (Lipinski definition) is 2. The molecule has 2 N–H and O–H groups in total. The van der Waals surface area contributed by atoms with Gasteiger partial charge in [0.05, 0.1) is 27.2 Å². The largest absolute Gasteiger partial charge is 0.486 e. The van der Waals surface area contributed by atoms with Gasteiger partial charge in [-0.15, -0.1) is 0 Å². The Hall–Kier alpha value is -3.38. The van der Waals surface area contributed by atoms with Crippen LogP contribution in [-0.4, -0.2) is 44.5 Å². The minimum Gasteiger partial charge on any atom is -0.486 e. The molecule has 0 amide bonds. The SMILES string of the molecule is CC(Oc1ccc2[nH]nc(-c3cnc(N4CCC(O)CC4)c(C#N)c3)c2c1)c1c(Cl)cncc1Cl. The quantitative estimate of drug-likeness (QED) is 0.376. The van der Waals surface area contributed by atoms with Crippen LogP contribution in [0.25, 0.3) is 22.2 Å². The van der Waals surface area contributed by atoms with Gasteiger partial charge in [0.15, 0.2) is 0 Å². The van der Waals surface area contributed by atoms with E-state index < -0.39 is 6.10 Å². The standard InChI is InChI=1S/C25H22Cl2N6O2/c1-14(23-20(26)12-29-13-21(23)27)35-18-2-3-22-19(9-18)24(32-31-22)16-8-15(10-28)25(30-11-16)33-6-4-17(34)5-7-33/h2-3,8-9,11-14,17,34H,4-7H2,1H3,(H,31,32). The van der Waals surface area contributed by atoms with E-state index in [0.717, 1.165) is 16.5 Å². The lowest BCUT2D eigenvalue weighted by molar-refractivity contribution is 0.145. The molecular weight excluding hydrogens is 487 g/mol. The fourth-order valence-corrected chi connectivity index (χ4v) is 5.03. The van der Waals surface area contributed by atoms with Gasteiger partial charge in [0.25, 0.3) is 0 Å². The molecule has 1 atom stereocenters. The van der Waals surface area contributed by atoms with E-state index in [2.05, 4.69) is 26.2 Å². The van der Waals surface area contributed by atoms with Crippen molar-refractivity contribution in [3.63, 3.8) is 0 Å². The number of aliphatic hydroxyl groups excluding tert-OH is 1. The Kier molecular flexibility index (Phi) is 6.48. The van der Waals surface area contributed by atoms with E-state index in [1.54, 1.807) is 12.3 Å². The lowest BCUT2D eigenvalue weighted by Gasteiger charge is -2.31. The highest BCUT2D eigenvalue weighted by atomic mass is 35.5. The molecule has 4 heterocycles. The van der Waals surface area contributed by atoms with E-state index in [-0.39, 0.29) is 6.10 Å². The van der Waals surface area contributed by atoms with Gasteiger partial charge in [0.1, 0.15) is 29.4 Å². The van der Waals surface area contributed by atoms with Gasteiger partial charge < -0.3 is 14.7 Å². The van der Waals surface area contributed by atoms with E-state index in [9.17, 15) is 10.4 Å². The maximum absolute atomic E-state index is 9.79. The van der Waals surface area contributed by atoms with Crippen LogP contribution in [0.4, 0.5) is 5.82 Å². The Morgan fingerprint density at radius 2 is 1.91 bits per heavy atom. The Balaban J connectivity index is 1.45. The fraction of sp³-hybridized carbons (Fsp3) is 0.280. The summed E-state index contributed by atoms with van der Waals surface area (Å²) in [5.41, 5.74) is 3.35. The molecule has 8 nitrogen and oxygen atoms in total. The summed E-state index contributed by atoms with van der Waals surface area (Å²) >= 11 is 12.6. The first-order valence-electron chi connectivity index (χ1n) is 11.2. The van der Waals surface area contributed by atoms with Crippen molar-refractivity contribution in [2.24, 2.45) is 0 Å². The molecule has 4 aromatic rings. The molecule has 1 fully saturated rings. The van der Waals surface area contributed by atoms with Gasteiger partial charge in [0.2, 0.25) is 0 Å². The number of piperidine rings is 1. The molecule has 0 bridgehead atoms. The molecule has 178 valence electrons. The van der Waals surface area contributed by atoms with Crippen molar-refractivity contribution in [3.05, 3.63) is 64.0 Å². The number of aromatic amines is 1. The minimum atomic E-state index is -0.403. The minimum absolute atomic E-state index is 0.295. The smallest absolute Gasteiger partial charge is 0.146 e. The lowest BCUT2D eigenvalue weighted by atomic mass is 10.1. The first-order chi connectivity index (χ1) is 16.9. The molecule has 1 aliphatic rings. The second-order valence-electron chi connectivity index (χ2n) is 8.48. The zero-order valence-corrected chi connectivity index (χ0v) is 20.4. The summed E-state index contributed by atoms with van der Waals surface area (Å²) in [6.07, 6.45) is 5.43. The zero-order chi connectivity index (χ0) is 24.5. The highest BCUT2D eigenvalue weighted by molar-refractivity contribution is 6.35. The summed E-state index contributed by atoms with van der Waals surface area (Å²) in [5.74, 6) is 1.25. The number of rotatable bonds is 5. The number of fused-ring (bicyclic) bond motifs is 1. The van der Waals surface area contributed by atoms with E-state index in [4.69, 9.17) is 27.9 Å². The van der Waals surface area contributed by atoms with Gasteiger partial charge in [-0.05, 0) is 44.0 Å². The maximum Gasteiger partial charge on any atom is 0.146 e. The third kappa shape index (κ3) is 4.63. The average Bonchev–Trinajstić information content (AvgIpc) is 3.27. The van der Waals surface area contributed by atoms with E-state index in [1.807, 2.05) is 30.0 Å². The number of hydrogen-bond acceptors (Lipinski definition) is 7. The fourth-order valence-electron chi connectivity index (χ4n) is 4.36. The Bertz CT molecular complexity index is 1410. The lowest BCUT2D eigenvalue weighted by Crippen LogP contribution is -2.36. The predicted octanol–water partition coefficient (Wildman–Crippen LogP) is 5.30. The number of aliphatic hydroxyl groups is 1. The number of anilines is 1. The molecular formula is C25H22Cl2N6O2. The van der Waals surface area contributed by atoms with Gasteiger partial charge in [-0.25, -0.2) is 4.98 Å². The highest BCUT2D eigenvalue weighted by Crippen LogP contribution is 2.35. The number of nitrogens with one attached hydrogen (secondary N) is 1. The van der Waals surface area contributed by atoms with Crippen LogP contribution in [0.5, 0.6) is 5.75 Å². The van der Waals surface area contributed by atoms with Crippen molar-refractivity contribution < 1.29 is 9.84 Å². The van der Waals surface area contributed by atoms with Crippen molar-refractivity contribution >= 4 is 39.9 Å². The van der Waals surface area contributed by atoms with Crippen LogP contribution in [0.1, 0.15) is 37.0 Å². The van der Waals surface area contributed by atoms with Gasteiger partial charge in [0, 0.05) is 48.2 Å². The average molecular weight is 509 g/mol. The number of nitriles is 1. The van der Waals surface area contributed by atoms with E-state index in [0.29, 0.717) is 64.4 Å². The number of nitrogens with zero attached hydrogens (tertiary/aromatic N) is 5. The molecule has 1 aromatic carbocycles. The summed E-state index contributed by atoms with van der Waals surface area (Å²) in [5, 5.41) is 28.8. The Labute approximate surface area is 212 Å². The van der Waals surface area contributed by atoms with Crippen LogP contribution in [0.15, 0.2) is 42.9 Å². The van der Waals surface area contributed by atoms with Crippen molar-refractivity contribution in [3.8, 4) is 23.1 Å². The topological polar surface area (TPSA) is 111 Å². The van der Waals surface area contributed by atoms with E-state index >= 15 is 0 Å². The second kappa shape index (κ2) is 9.70. The van der Waals surface area contributed by atoms with Crippen LogP contribution in [0, 0.1) is 11.3 Å². The second-order valence-corrected chi connectivity index (χ2v) is 9.30. The van der Waals surface area contributed by atoms with Gasteiger partial charge in [-0.2, -0.15) is 10.4 Å². The Morgan fingerprint density at radius 1 is 1.17 bits per heavy atom. The normalized spacial score (nSPS) is 15.2. The van der Waals surface area contributed by atoms with Crippen LogP contribution in [0.2, 0.25) is 10.0 Å². The highest BCUT2D eigenvalue weighted by Gasteiger charge is 2.22. The predicted molar refractivity (Wildman–Crippen MR) is 135 cm³/mol.